The molecule has 1 aliphatic rings. The molecule has 8 heteroatoms. The summed E-state index contributed by atoms with van der Waals surface area (Å²) in [7, 11) is 2.83. The number of hydrogen-bond donors (Lipinski definition) is 1. The highest BCUT2D eigenvalue weighted by Gasteiger charge is 2.40. The number of fused-ring (bicyclic) bond motifs is 1. The highest BCUT2D eigenvalue weighted by Crippen LogP contribution is 2.38. The van der Waals surface area contributed by atoms with E-state index in [1.54, 1.807) is 24.3 Å². The van der Waals surface area contributed by atoms with Crippen molar-refractivity contribution in [2.75, 3.05) is 5.32 Å². The fourth-order valence-electron chi connectivity index (χ4n) is 2.98. The molecule has 0 spiro atoms. The van der Waals surface area contributed by atoms with Crippen molar-refractivity contribution >= 4 is 23.3 Å². The second-order valence-electron chi connectivity index (χ2n) is 5.59. The van der Waals surface area contributed by atoms with Crippen LogP contribution >= 0.6 is 11.6 Å². The molecule has 3 rings (SSSR count). The predicted octanol–water partition coefficient (Wildman–Crippen LogP) is 0.961. The average Bonchev–Trinajstić information content (AvgIpc) is 2.57. The van der Waals surface area contributed by atoms with Crippen LogP contribution in [0.1, 0.15) is 17.0 Å². The van der Waals surface area contributed by atoms with E-state index in [1.165, 1.54) is 18.7 Å². The summed E-state index contributed by atoms with van der Waals surface area (Å²) in [5.41, 5.74) is -0.261. The molecule has 1 aliphatic heterocycles. The Hall–Kier alpha value is -2.85. The summed E-state index contributed by atoms with van der Waals surface area (Å²) in [6.45, 7) is 0. The number of aromatic nitrogens is 2. The molecule has 0 aliphatic carbocycles. The molecule has 24 heavy (non-hydrogen) atoms. The molecule has 1 N–H and O–H groups in total. The summed E-state index contributed by atoms with van der Waals surface area (Å²) >= 11 is 5.90. The van der Waals surface area contributed by atoms with Crippen molar-refractivity contribution in [3.8, 4) is 6.07 Å². The quantitative estimate of drug-likeness (QED) is 0.833. The standard InChI is InChI=1S/C16H13ClN4O3/c1-20-13-12(15(23)21(2)16(20)24)11(10(7-18)14(22)19-13)8-3-5-9(17)6-4-8/h3-6,10-11H,1-2H3,(H,19,22)/t10-,11-/m1/s1. The Morgan fingerprint density at radius 1 is 1.12 bits per heavy atom. The first kappa shape index (κ1) is 16.0. The Kier molecular flexibility index (Phi) is 3.78. The molecule has 0 radical (unpaired) electrons. The zero-order valence-corrected chi connectivity index (χ0v) is 13.7. The molecule has 2 aromatic rings. The summed E-state index contributed by atoms with van der Waals surface area (Å²) in [5, 5.41) is 12.5. The highest BCUT2D eigenvalue weighted by atomic mass is 35.5. The molecule has 0 saturated carbocycles. The lowest BCUT2D eigenvalue weighted by molar-refractivity contribution is -0.119. The molecular weight excluding hydrogens is 332 g/mol. The van der Waals surface area contributed by atoms with Gasteiger partial charge in [0.15, 0.2) is 0 Å². The van der Waals surface area contributed by atoms with Crippen LogP contribution in [-0.2, 0) is 18.9 Å². The van der Waals surface area contributed by atoms with Gasteiger partial charge in [0.2, 0.25) is 5.91 Å². The van der Waals surface area contributed by atoms with Crippen molar-refractivity contribution in [1.29, 1.82) is 5.26 Å². The third-order valence-electron chi connectivity index (χ3n) is 4.24. The number of hydrogen-bond acceptors (Lipinski definition) is 4. The van der Waals surface area contributed by atoms with Crippen molar-refractivity contribution in [3.63, 3.8) is 0 Å². The van der Waals surface area contributed by atoms with Crippen molar-refractivity contribution in [2.45, 2.75) is 5.92 Å². The molecule has 0 bridgehead atoms. The number of carbonyl (C=O) groups excluding carboxylic acids is 1. The Balaban J connectivity index is 2.38. The van der Waals surface area contributed by atoms with Gasteiger partial charge < -0.3 is 5.32 Å². The number of anilines is 1. The van der Waals surface area contributed by atoms with Crippen LogP contribution in [0.15, 0.2) is 33.9 Å². The van der Waals surface area contributed by atoms with E-state index in [4.69, 9.17) is 11.6 Å². The SMILES string of the molecule is Cn1c2c(c(=O)n(C)c1=O)[C@H](c1ccc(Cl)cc1)[C@@H](C#N)C(=O)N2. The number of carbonyl (C=O) groups is 1. The van der Waals surface area contributed by atoms with Gasteiger partial charge >= 0.3 is 5.69 Å². The van der Waals surface area contributed by atoms with Gasteiger partial charge in [-0.05, 0) is 17.7 Å². The normalized spacial score (nSPS) is 19.3. The lowest BCUT2D eigenvalue weighted by atomic mass is 9.79. The van der Waals surface area contributed by atoms with E-state index in [0.29, 0.717) is 10.6 Å². The first-order valence-corrected chi connectivity index (χ1v) is 7.50. The molecule has 2 atom stereocenters. The van der Waals surface area contributed by atoms with Crippen molar-refractivity contribution in [3.05, 3.63) is 61.3 Å². The van der Waals surface area contributed by atoms with Crippen LogP contribution in [0.2, 0.25) is 5.02 Å². The maximum Gasteiger partial charge on any atom is 0.332 e. The summed E-state index contributed by atoms with van der Waals surface area (Å²) in [4.78, 5) is 37.1. The second kappa shape index (κ2) is 5.65. The summed E-state index contributed by atoms with van der Waals surface area (Å²) in [5.74, 6) is -2.28. The molecule has 0 saturated heterocycles. The monoisotopic (exact) mass is 344 g/mol. The number of halogens is 1. The van der Waals surface area contributed by atoms with Gasteiger partial charge in [-0.25, -0.2) is 4.79 Å². The van der Waals surface area contributed by atoms with Gasteiger partial charge in [0.05, 0.1) is 11.6 Å². The van der Waals surface area contributed by atoms with E-state index in [9.17, 15) is 19.6 Å². The fraction of sp³-hybridized carbons (Fsp3) is 0.250. The number of amides is 1. The first-order chi connectivity index (χ1) is 11.4. The third-order valence-corrected chi connectivity index (χ3v) is 4.49. The van der Waals surface area contributed by atoms with Gasteiger partial charge in [-0.3, -0.25) is 18.7 Å². The molecule has 122 valence electrons. The van der Waals surface area contributed by atoms with Crippen molar-refractivity contribution in [2.24, 2.45) is 20.0 Å². The molecule has 2 heterocycles. The first-order valence-electron chi connectivity index (χ1n) is 7.12. The number of nitrogens with zero attached hydrogens (tertiary/aromatic N) is 3. The van der Waals surface area contributed by atoms with Gasteiger partial charge in [0.1, 0.15) is 11.7 Å². The molecule has 1 aromatic carbocycles. The summed E-state index contributed by atoms with van der Waals surface area (Å²) in [6.07, 6.45) is 0. The number of rotatable bonds is 1. The fourth-order valence-corrected chi connectivity index (χ4v) is 3.10. The van der Waals surface area contributed by atoms with E-state index in [1.807, 2.05) is 6.07 Å². The number of nitrogens with one attached hydrogen (secondary N) is 1. The molecule has 0 fully saturated rings. The van der Waals surface area contributed by atoms with E-state index >= 15 is 0 Å². The van der Waals surface area contributed by atoms with Crippen LogP contribution in [0, 0.1) is 17.2 Å². The number of benzene rings is 1. The Morgan fingerprint density at radius 2 is 1.75 bits per heavy atom. The van der Waals surface area contributed by atoms with Crippen molar-refractivity contribution < 1.29 is 4.79 Å². The van der Waals surface area contributed by atoms with E-state index in [0.717, 1.165) is 4.57 Å². The Morgan fingerprint density at radius 3 is 2.33 bits per heavy atom. The minimum Gasteiger partial charge on any atom is -0.310 e. The van der Waals surface area contributed by atoms with E-state index in [-0.39, 0.29) is 11.4 Å². The lowest BCUT2D eigenvalue weighted by Gasteiger charge is -2.30. The van der Waals surface area contributed by atoms with Gasteiger partial charge in [-0.2, -0.15) is 5.26 Å². The minimum absolute atomic E-state index is 0.125. The summed E-state index contributed by atoms with van der Waals surface area (Å²) < 4.78 is 2.17. The maximum atomic E-state index is 12.7. The second-order valence-corrected chi connectivity index (χ2v) is 6.03. The van der Waals surface area contributed by atoms with E-state index < -0.39 is 29.0 Å². The molecule has 0 unspecified atom stereocenters. The van der Waals surface area contributed by atoms with Gasteiger partial charge in [-0.15, -0.1) is 0 Å². The van der Waals surface area contributed by atoms with Crippen LogP contribution in [0.25, 0.3) is 0 Å². The van der Waals surface area contributed by atoms with Gasteiger partial charge in [0, 0.05) is 25.0 Å². The summed E-state index contributed by atoms with van der Waals surface area (Å²) in [6, 6.07) is 8.56. The van der Waals surface area contributed by atoms with Crippen LogP contribution in [-0.4, -0.2) is 15.0 Å². The molecule has 1 aromatic heterocycles. The Bertz CT molecular complexity index is 998. The Labute approximate surface area is 141 Å². The molecular formula is C16H13ClN4O3. The van der Waals surface area contributed by atoms with Crippen molar-refractivity contribution in [1.82, 2.24) is 9.13 Å². The van der Waals surface area contributed by atoms with Gasteiger partial charge in [0.25, 0.3) is 5.56 Å². The zero-order valence-electron chi connectivity index (χ0n) is 12.9. The lowest BCUT2D eigenvalue weighted by Crippen LogP contribution is -2.46. The highest BCUT2D eigenvalue weighted by molar-refractivity contribution is 6.30. The topological polar surface area (TPSA) is 96.9 Å². The molecule has 1 amide bonds. The van der Waals surface area contributed by atoms with Crippen LogP contribution in [0.4, 0.5) is 5.82 Å². The van der Waals surface area contributed by atoms with E-state index in [2.05, 4.69) is 5.32 Å². The zero-order chi connectivity index (χ0) is 17.6. The average molecular weight is 345 g/mol. The smallest absolute Gasteiger partial charge is 0.310 e. The maximum absolute atomic E-state index is 12.7. The number of nitriles is 1. The predicted molar refractivity (Wildman–Crippen MR) is 88.0 cm³/mol. The van der Waals surface area contributed by atoms with Gasteiger partial charge in [-0.1, -0.05) is 23.7 Å². The minimum atomic E-state index is -1.08. The molecule has 7 nitrogen and oxygen atoms in total. The van der Waals surface area contributed by atoms with Crippen LogP contribution in [0.5, 0.6) is 0 Å². The largest absolute Gasteiger partial charge is 0.332 e. The van der Waals surface area contributed by atoms with Crippen LogP contribution in [0.3, 0.4) is 0 Å². The van der Waals surface area contributed by atoms with Crippen LogP contribution < -0.4 is 16.6 Å². The third kappa shape index (κ3) is 2.23.